The fourth-order valence-corrected chi connectivity index (χ4v) is 2.33. The average Bonchev–Trinajstić information content (AvgIpc) is 2.38. The van der Waals surface area contributed by atoms with E-state index in [0.29, 0.717) is 25.6 Å². The molecule has 0 aliphatic carbocycles. The Balaban J connectivity index is 2.28. The molecule has 0 saturated carbocycles. The molecule has 1 saturated heterocycles. The van der Waals surface area contributed by atoms with Crippen LogP contribution in [0.3, 0.4) is 0 Å². The van der Waals surface area contributed by atoms with Gasteiger partial charge < -0.3 is 20.5 Å². The van der Waals surface area contributed by atoms with Crippen LogP contribution >= 0.6 is 0 Å². The van der Waals surface area contributed by atoms with Gasteiger partial charge >= 0.3 is 0 Å². The Morgan fingerprint density at radius 1 is 1.56 bits per heavy atom. The third-order valence-electron chi connectivity index (χ3n) is 3.19. The van der Waals surface area contributed by atoms with Crippen molar-refractivity contribution in [3.63, 3.8) is 0 Å². The van der Waals surface area contributed by atoms with Gasteiger partial charge in [-0.1, -0.05) is 6.92 Å². The maximum absolute atomic E-state index is 6.01. The summed E-state index contributed by atoms with van der Waals surface area (Å²) in [5.74, 6) is 0.565. The van der Waals surface area contributed by atoms with E-state index < -0.39 is 0 Å². The number of nitrogens with two attached hydrogens (primary N) is 1. The van der Waals surface area contributed by atoms with Crippen molar-refractivity contribution in [1.82, 2.24) is 10.3 Å². The van der Waals surface area contributed by atoms with Gasteiger partial charge in [0.25, 0.3) is 0 Å². The number of nitrogen functional groups attached to an aromatic ring is 1. The summed E-state index contributed by atoms with van der Waals surface area (Å²) in [6, 6.07) is 2.00. The second-order valence-corrected chi connectivity index (χ2v) is 4.45. The number of aromatic nitrogens is 1. The van der Waals surface area contributed by atoms with E-state index in [9.17, 15) is 0 Å². The first-order chi connectivity index (χ1) is 8.74. The molecule has 3 N–H and O–H groups in total. The van der Waals surface area contributed by atoms with E-state index in [1.165, 1.54) is 0 Å². The van der Waals surface area contributed by atoms with Crippen LogP contribution in [-0.4, -0.2) is 37.5 Å². The number of pyridine rings is 1. The minimum absolute atomic E-state index is 0.0103. The van der Waals surface area contributed by atoms with Crippen LogP contribution in [0.4, 0.5) is 5.82 Å². The average molecular weight is 251 g/mol. The summed E-state index contributed by atoms with van der Waals surface area (Å²) in [6.07, 6.45) is 1.72. The highest BCUT2D eigenvalue weighted by atomic mass is 16.6. The van der Waals surface area contributed by atoms with Gasteiger partial charge in [0, 0.05) is 11.8 Å². The van der Waals surface area contributed by atoms with Crippen molar-refractivity contribution < 1.29 is 9.47 Å². The van der Waals surface area contributed by atoms with E-state index in [-0.39, 0.29) is 12.1 Å². The van der Waals surface area contributed by atoms with Crippen LogP contribution < -0.4 is 11.1 Å². The Morgan fingerprint density at radius 2 is 2.39 bits per heavy atom. The molecular weight excluding hydrogens is 230 g/mol. The molecule has 0 amide bonds. The summed E-state index contributed by atoms with van der Waals surface area (Å²) in [5.41, 5.74) is 8.16. The van der Waals surface area contributed by atoms with Gasteiger partial charge in [0.15, 0.2) is 0 Å². The number of likely N-dealkylation sites (N-methyl/N-ethyl adjacent to an activating group) is 1. The predicted molar refractivity (Wildman–Crippen MR) is 70.4 cm³/mol. The standard InChI is InChI=1S/C13H21N3O2/c1-3-15-12(10-8-17-6-7-18-10)11-9(2)4-5-16-13(11)14/h4-5,10,12,15H,3,6-8H2,1-2H3,(H2,14,16). The Morgan fingerprint density at radius 3 is 3.00 bits per heavy atom. The summed E-state index contributed by atoms with van der Waals surface area (Å²) >= 11 is 0. The minimum atomic E-state index is -0.0103. The van der Waals surface area contributed by atoms with Crippen LogP contribution in [0.5, 0.6) is 0 Å². The first-order valence-electron chi connectivity index (χ1n) is 6.37. The Hall–Kier alpha value is -1.17. The predicted octanol–water partition coefficient (Wildman–Crippen LogP) is 1.04. The van der Waals surface area contributed by atoms with E-state index in [1.807, 2.05) is 13.0 Å². The Kier molecular flexibility index (Phi) is 4.52. The highest BCUT2D eigenvalue weighted by Gasteiger charge is 2.28. The lowest BCUT2D eigenvalue weighted by Crippen LogP contribution is -2.41. The summed E-state index contributed by atoms with van der Waals surface area (Å²) in [5, 5.41) is 3.43. The van der Waals surface area contributed by atoms with Crippen LogP contribution in [0.25, 0.3) is 0 Å². The fraction of sp³-hybridized carbons (Fsp3) is 0.615. The number of ether oxygens (including phenoxy) is 2. The van der Waals surface area contributed by atoms with Crippen molar-refractivity contribution in [3.05, 3.63) is 23.4 Å². The van der Waals surface area contributed by atoms with Gasteiger partial charge in [-0.05, 0) is 25.1 Å². The molecule has 2 atom stereocenters. The smallest absolute Gasteiger partial charge is 0.128 e. The molecule has 5 nitrogen and oxygen atoms in total. The molecule has 2 heterocycles. The number of nitrogens with zero attached hydrogens (tertiary/aromatic N) is 1. The lowest BCUT2D eigenvalue weighted by Gasteiger charge is -2.32. The molecule has 18 heavy (non-hydrogen) atoms. The third kappa shape index (κ3) is 2.80. The molecule has 0 radical (unpaired) electrons. The minimum Gasteiger partial charge on any atom is -0.383 e. The highest BCUT2D eigenvalue weighted by molar-refractivity contribution is 5.46. The Bertz CT molecular complexity index is 372. The number of hydrogen-bond donors (Lipinski definition) is 2. The number of anilines is 1. The summed E-state index contributed by atoms with van der Waals surface area (Å²) in [6.45, 7) is 6.84. The Labute approximate surface area is 108 Å². The molecule has 100 valence electrons. The molecule has 1 aliphatic heterocycles. The zero-order valence-electron chi connectivity index (χ0n) is 11.0. The summed E-state index contributed by atoms with van der Waals surface area (Å²) in [7, 11) is 0. The highest BCUT2D eigenvalue weighted by Crippen LogP contribution is 2.27. The SMILES string of the molecule is CCNC(c1c(C)ccnc1N)C1COCCO1. The molecule has 1 aromatic rings. The van der Waals surface area contributed by atoms with Gasteiger partial charge in [-0.3, -0.25) is 0 Å². The zero-order valence-corrected chi connectivity index (χ0v) is 11.0. The van der Waals surface area contributed by atoms with E-state index in [0.717, 1.165) is 17.7 Å². The molecule has 1 aliphatic rings. The number of hydrogen-bond acceptors (Lipinski definition) is 5. The number of nitrogens with one attached hydrogen (secondary N) is 1. The van der Waals surface area contributed by atoms with Crippen LogP contribution in [0, 0.1) is 6.92 Å². The van der Waals surface area contributed by atoms with Gasteiger partial charge in [-0.15, -0.1) is 0 Å². The van der Waals surface area contributed by atoms with Gasteiger partial charge in [0.05, 0.1) is 25.9 Å². The molecule has 0 bridgehead atoms. The monoisotopic (exact) mass is 251 g/mol. The van der Waals surface area contributed by atoms with Crippen molar-refractivity contribution in [1.29, 1.82) is 0 Å². The number of rotatable bonds is 4. The second kappa shape index (κ2) is 6.13. The lowest BCUT2D eigenvalue weighted by molar-refractivity contribution is -0.102. The van der Waals surface area contributed by atoms with Crippen LogP contribution in [0.15, 0.2) is 12.3 Å². The van der Waals surface area contributed by atoms with Gasteiger partial charge in [-0.2, -0.15) is 0 Å². The van der Waals surface area contributed by atoms with Crippen molar-refractivity contribution in [3.8, 4) is 0 Å². The molecule has 2 unspecified atom stereocenters. The van der Waals surface area contributed by atoms with E-state index in [4.69, 9.17) is 15.2 Å². The van der Waals surface area contributed by atoms with Crippen molar-refractivity contribution in [2.75, 3.05) is 32.1 Å². The first kappa shape index (κ1) is 13.3. The molecule has 1 fully saturated rings. The van der Waals surface area contributed by atoms with Crippen LogP contribution in [0.1, 0.15) is 24.1 Å². The fourth-order valence-electron chi connectivity index (χ4n) is 2.33. The topological polar surface area (TPSA) is 69.4 Å². The second-order valence-electron chi connectivity index (χ2n) is 4.45. The molecule has 0 aromatic carbocycles. The largest absolute Gasteiger partial charge is 0.383 e. The third-order valence-corrected chi connectivity index (χ3v) is 3.19. The van der Waals surface area contributed by atoms with Crippen molar-refractivity contribution >= 4 is 5.82 Å². The van der Waals surface area contributed by atoms with Crippen LogP contribution in [0.2, 0.25) is 0 Å². The van der Waals surface area contributed by atoms with Gasteiger partial charge in [0.1, 0.15) is 11.9 Å². The quantitative estimate of drug-likeness (QED) is 0.836. The molecule has 1 aromatic heterocycles. The van der Waals surface area contributed by atoms with Crippen molar-refractivity contribution in [2.24, 2.45) is 0 Å². The van der Waals surface area contributed by atoms with Gasteiger partial charge in [0.2, 0.25) is 0 Å². The lowest BCUT2D eigenvalue weighted by atomic mass is 9.97. The van der Waals surface area contributed by atoms with E-state index in [2.05, 4.69) is 17.2 Å². The molecular formula is C13H21N3O2. The van der Waals surface area contributed by atoms with Gasteiger partial charge in [-0.25, -0.2) is 4.98 Å². The number of aryl methyl sites for hydroxylation is 1. The van der Waals surface area contributed by atoms with Crippen molar-refractivity contribution in [2.45, 2.75) is 26.0 Å². The molecule has 5 heteroatoms. The maximum Gasteiger partial charge on any atom is 0.128 e. The first-order valence-corrected chi connectivity index (χ1v) is 6.37. The molecule has 2 rings (SSSR count). The zero-order chi connectivity index (χ0) is 13.0. The summed E-state index contributed by atoms with van der Waals surface area (Å²) < 4.78 is 11.3. The van der Waals surface area contributed by atoms with Crippen LogP contribution in [-0.2, 0) is 9.47 Å². The normalized spacial score (nSPS) is 21.8. The maximum atomic E-state index is 6.01. The van der Waals surface area contributed by atoms with E-state index in [1.54, 1.807) is 6.20 Å². The molecule has 0 spiro atoms. The van der Waals surface area contributed by atoms with E-state index >= 15 is 0 Å². The summed E-state index contributed by atoms with van der Waals surface area (Å²) in [4.78, 5) is 4.18.